The smallest absolute Gasteiger partial charge is 0.202 e. The summed E-state index contributed by atoms with van der Waals surface area (Å²) in [6, 6.07) is 6.62. The van der Waals surface area contributed by atoms with E-state index in [0.717, 1.165) is 0 Å². The molecule has 0 spiro atoms. The molecule has 6 rings (SSSR count). The number of epoxide rings is 1. The van der Waals surface area contributed by atoms with Gasteiger partial charge < -0.3 is 38.8 Å². The zero-order chi connectivity index (χ0) is 29.4. The van der Waals surface area contributed by atoms with Crippen molar-refractivity contribution in [3.8, 4) is 5.75 Å². The molecule has 0 amide bonds. The van der Waals surface area contributed by atoms with E-state index in [9.17, 15) is 29.7 Å². The Morgan fingerprint density at radius 1 is 1.10 bits per heavy atom. The molecule has 11 heteroatoms. The zero-order valence-corrected chi connectivity index (χ0v) is 23.0. The summed E-state index contributed by atoms with van der Waals surface area (Å²) in [5, 5.41) is 31.9. The van der Waals surface area contributed by atoms with Crippen LogP contribution in [0.5, 0.6) is 5.75 Å². The monoisotopic (exact) mass is 565 g/mol. The summed E-state index contributed by atoms with van der Waals surface area (Å²) in [5.74, 6) is -1.61. The number of aryl methyl sites for hydroxylation is 1. The number of aliphatic hydroxyl groups excluding tert-OH is 2. The third-order valence-corrected chi connectivity index (χ3v) is 8.37. The molecule has 41 heavy (non-hydrogen) atoms. The van der Waals surface area contributed by atoms with Gasteiger partial charge in [0.25, 0.3) is 0 Å². The van der Waals surface area contributed by atoms with Crippen LogP contribution in [0, 0.1) is 6.92 Å². The number of rotatable bonds is 6. The fraction of sp³-hybridized carbons (Fsp3) is 0.433. The van der Waals surface area contributed by atoms with E-state index in [2.05, 4.69) is 0 Å². The SMILES string of the molecule is Cc1cc2c(c3oc(C(CO)(O[C@@H]4C[C@H](N(C)C)[C@@H](O)[C@H](C)O4)C4CO4)cc(=O)c13)C(=O)c1c(O)cccc1C2=O. The molecule has 2 saturated heterocycles. The lowest BCUT2D eigenvalue weighted by Gasteiger charge is -2.43. The molecule has 6 atom stereocenters. The predicted molar refractivity (Wildman–Crippen MR) is 144 cm³/mol. The zero-order valence-electron chi connectivity index (χ0n) is 23.0. The van der Waals surface area contributed by atoms with Crippen molar-refractivity contribution in [2.24, 2.45) is 0 Å². The van der Waals surface area contributed by atoms with Crippen LogP contribution in [0.1, 0.15) is 56.5 Å². The number of likely N-dealkylation sites (N-methyl/N-ethyl adjacent to an activating group) is 1. The van der Waals surface area contributed by atoms with E-state index in [-0.39, 0.29) is 63.8 Å². The highest BCUT2D eigenvalue weighted by Gasteiger charge is 2.54. The van der Waals surface area contributed by atoms with Crippen molar-refractivity contribution in [3.63, 3.8) is 0 Å². The van der Waals surface area contributed by atoms with Gasteiger partial charge in [-0.05, 0) is 45.6 Å². The molecule has 11 nitrogen and oxygen atoms in total. The number of aromatic hydroxyl groups is 1. The van der Waals surface area contributed by atoms with Crippen LogP contribution in [0.3, 0.4) is 0 Å². The summed E-state index contributed by atoms with van der Waals surface area (Å²) < 4.78 is 24.2. The number of aliphatic hydroxyl groups is 2. The highest BCUT2D eigenvalue weighted by molar-refractivity contribution is 6.32. The summed E-state index contributed by atoms with van der Waals surface area (Å²) >= 11 is 0. The van der Waals surface area contributed by atoms with Crippen molar-refractivity contribution in [3.05, 3.63) is 74.1 Å². The molecule has 2 aromatic carbocycles. The minimum atomic E-state index is -1.69. The van der Waals surface area contributed by atoms with Gasteiger partial charge in [0.15, 0.2) is 23.1 Å². The Labute approximate surface area is 234 Å². The van der Waals surface area contributed by atoms with Crippen LogP contribution < -0.4 is 5.43 Å². The topological polar surface area (TPSA) is 159 Å². The second-order valence-electron chi connectivity index (χ2n) is 11.2. The van der Waals surface area contributed by atoms with Crippen LogP contribution in [0.25, 0.3) is 11.0 Å². The van der Waals surface area contributed by atoms with Gasteiger partial charge in [-0.2, -0.15) is 0 Å². The number of hydrogen-bond acceptors (Lipinski definition) is 11. The number of fused-ring (bicyclic) bond motifs is 4. The average Bonchev–Trinajstić information content (AvgIpc) is 3.77. The number of ether oxygens (including phenoxy) is 3. The summed E-state index contributed by atoms with van der Waals surface area (Å²) in [6.07, 6.45) is -2.72. The number of hydrogen-bond donors (Lipinski definition) is 3. The van der Waals surface area contributed by atoms with E-state index in [4.69, 9.17) is 18.6 Å². The molecule has 1 aromatic heterocycles. The van der Waals surface area contributed by atoms with Gasteiger partial charge in [0.1, 0.15) is 23.2 Å². The fourth-order valence-corrected chi connectivity index (χ4v) is 6.06. The lowest BCUT2D eigenvalue weighted by Crippen LogP contribution is -2.55. The van der Waals surface area contributed by atoms with E-state index in [0.29, 0.717) is 5.56 Å². The number of phenolic OH excluding ortho intramolecular Hbond substituents is 1. The summed E-state index contributed by atoms with van der Waals surface area (Å²) in [7, 11) is 3.66. The van der Waals surface area contributed by atoms with E-state index in [1.165, 1.54) is 30.3 Å². The second kappa shape index (κ2) is 9.83. The Bertz CT molecular complexity index is 1640. The van der Waals surface area contributed by atoms with Gasteiger partial charge >= 0.3 is 0 Å². The van der Waals surface area contributed by atoms with Crippen LogP contribution in [0.2, 0.25) is 0 Å². The van der Waals surface area contributed by atoms with Gasteiger partial charge in [0.2, 0.25) is 5.78 Å². The van der Waals surface area contributed by atoms with E-state index in [1.54, 1.807) is 13.8 Å². The summed E-state index contributed by atoms with van der Waals surface area (Å²) in [6.45, 7) is 2.90. The molecule has 0 saturated carbocycles. The molecule has 216 valence electrons. The fourth-order valence-electron chi connectivity index (χ4n) is 6.06. The molecule has 3 heterocycles. The molecule has 3 aromatic rings. The van der Waals surface area contributed by atoms with Crippen molar-refractivity contribution >= 4 is 22.5 Å². The van der Waals surface area contributed by atoms with Gasteiger partial charge in [0, 0.05) is 29.7 Å². The molecule has 1 aliphatic carbocycles. The summed E-state index contributed by atoms with van der Waals surface area (Å²) in [4.78, 5) is 42.6. The van der Waals surface area contributed by atoms with Crippen molar-refractivity contribution < 1.29 is 43.5 Å². The minimum absolute atomic E-state index is 0.0452. The number of carbonyl (C=O) groups excluding carboxylic acids is 2. The van der Waals surface area contributed by atoms with Crippen molar-refractivity contribution in [2.75, 3.05) is 27.3 Å². The lowest BCUT2D eigenvalue weighted by atomic mass is 9.81. The number of ketones is 2. The molecule has 3 N–H and O–H groups in total. The molecule has 2 aliphatic heterocycles. The molecule has 2 fully saturated rings. The Morgan fingerprint density at radius 2 is 1.83 bits per heavy atom. The Morgan fingerprint density at radius 3 is 2.49 bits per heavy atom. The van der Waals surface area contributed by atoms with Crippen molar-refractivity contribution in [1.29, 1.82) is 0 Å². The van der Waals surface area contributed by atoms with Gasteiger partial charge in [-0.1, -0.05) is 12.1 Å². The predicted octanol–water partition coefficient (Wildman–Crippen LogP) is 1.61. The first-order valence-electron chi connectivity index (χ1n) is 13.4. The highest BCUT2D eigenvalue weighted by Crippen LogP contribution is 2.43. The van der Waals surface area contributed by atoms with Gasteiger partial charge in [-0.15, -0.1) is 0 Å². The summed E-state index contributed by atoms with van der Waals surface area (Å²) in [5.41, 5.74) is -2.13. The molecule has 2 unspecified atom stereocenters. The first-order valence-corrected chi connectivity index (χ1v) is 13.4. The van der Waals surface area contributed by atoms with Crippen LogP contribution in [-0.4, -0.2) is 89.7 Å². The van der Waals surface area contributed by atoms with Crippen LogP contribution >= 0.6 is 0 Å². The molecule has 0 radical (unpaired) electrons. The first-order chi connectivity index (χ1) is 19.5. The Kier molecular flexibility index (Phi) is 6.64. The maximum absolute atomic E-state index is 13.7. The van der Waals surface area contributed by atoms with Gasteiger partial charge in [0.05, 0.1) is 41.9 Å². The normalized spacial score (nSPS) is 27.0. The quantitative estimate of drug-likeness (QED) is 0.292. The number of benzene rings is 2. The van der Waals surface area contributed by atoms with Gasteiger partial charge in [-0.25, -0.2) is 0 Å². The largest absolute Gasteiger partial charge is 0.507 e. The number of phenols is 1. The molecular weight excluding hydrogens is 534 g/mol. The average molecular weight is 566 g/mol. The molecule has 3 aliphatic rings. The third-order valence-electron chi connectivity index (χ3n) is 8.37. The van der Waals surface area contributed by atoms with Crippen LogP contribution in [0.15, 0.2) is 39.5 Å². The first kappa shape index (κ1) is 27.7. The van der Waals surface area contributed by atoms with Gasteiger partial charge in [-0.3, -0.25) is 14.4 Å². The minimum Gasteiger partial charge on any atom is -0.507 e. The van der Waals surface area contributed by atoms with E-state index < -0.39 is 53.8 Å². The Hall–Kier alpha value is -3.45. The second-order valence-corrected chi connectivity index (χ2v) is 11.2. The Balaban J connectivity index is 1.52. The number of nitrogens with zero attached hydrogens (tertiary/aromatic N) is 1. The highest BCUT2D eigenvalue weighted by atomic mass is 16.7. The third kappa shape index (κ3) is 4.23. The van der Waals surface area contributed by atoms with Crippen LogP contribution in [0.4, 0.5) is 0 Å². The van der Waals surface area contributed by atoms with E-state index >= 15 is 0 Å². The van der Waals surface area contributed by atoms with Crippen molar-refractivity contribution in [2.45, 2.75) is 56.5 Å². The molecule has 0 bridgehead atoms. The maximum Gasteiger partial charge on any atom is 0.202 e. The maximum atomic E-state index is 13.7. The lowest BCUT2D eigenvalue weighted by molar-refractivity contribution is -0.288. The number of carbonyl (C=O) groups is 2. The standard InChI is InChI=1S/C30H31NO10/c1-13-8-16-25(28(37)24-15(27(16)36)6-5-7-18(24)33)29-23(13)19(34)10-20(40-29)30(12-32,21-11-38-21)41-22-9-17(31(3)4)26(35)14(2)39-22/h5-8,10,14,17,21-22,26,32-33,35H,9,11-12H2,1-4H3/t14-,17-,21?,22+,26-,30?/m0/s1. The van der Waals surface area contributed by atoms with Crippen LogP contribution in [-0.2, 0) is 19.8 Å². The molecular formula is C30H31NO10. The van der Waals surface area contributed by atoms with Crippen molar-refractivity contribution in [1.82, 2.24) is 4.90 Å². The van der Waals surface area contributed by atoms with E-state index in [1.807, 2.05) is 19.0 Å².